The number of esters is 2. The van der Waals surface area contributed by atoms with E-state index in [0.29, 0.717) is 9.39 Å². The lowest BCUT2D eigenvalue weighted by atomic mass is 10.1. The first-order valence-electron chi connectivity index (χ1n) is 11.0. The minimum atomic E-state index is -4.84. The van der Waals surface area contributed by atoms with E-state index in [1.165, 1.54) is 18.3 Å². The van der Waals surface area contributed by atoms with Gasteiger partial charge in [0.15, 0.2) is 17.0 Å². The molecule has 0 unspecified atom stereocenters. The number of hydrogen-bond donors (Lipinski definition) is 1. The molecule has 4 aromatic rings. The van der Waals surface area contributed by atoms with E-state index in [9.17, 15) is 27.6 Å². The molecule has 0 aliphatic carbocycles. The van der Waals surface area contributed by atoms with Crippen LogP contribution >= 0.6 is 34.3 Å². The van der Waals surface area contributed by atoms with Gasteiger partial charge in [0.05, 0.1) is 29.3 Å². The maximum Gasteiger partial charge on any atom is 0.433 e. The number of aromatic nitrogens is 3. The van der Waals surface area contributed by atoms with Gasteiger partial charge in [-0.1, -0.05) is 17.7 Å². The lowest BCUT2D eigenvalue weighted by Gasteiger charge is -2.10. The van der Waals surface area contributed by atoms with Gasteiger partial charge in [-0.15, -0.1) is 22.7 Å². The third kappa shape index (κ3) is 5.11. The van der Waals surface area contributed by atoms with Gasteiger partial charge in [-0.05, 0) is 43.8 Å². The molecule has 0 fully saturated rings. The van der Waals surface area contributed by atoms with Crippen molar-refractivity contribution in [1.82, 2.24) is 14.6 Å². The summed E-state index contributed by atoms with van der Waals surface area (Å²) in [5, 5.41) is 7.40. The Kier molecular flexibility index (Phi) is 7.76. The summed E-state index contributed by atoms with van der Waals surface area (Å²) < 4.78 is 52.2. The van der Waals surface area contributed by atoms with Gasteiger partial charge in [-0.3, -0.25) is 4.79 Å². The molecule has 4 heterocycles. The molecule has 0 saturated carbocycles. The molecular weight excluding hydrogens is 569 g/mol. The zero-order valence-electron chi connectivity index (χ0n) is 19.9. The van der Waals surface area contributed by atoms with Crippen molar-refractivity contribution in [3.8, 4) is 10.6 Å². The fraction of sp³-hybridized carbons (Fsp3) is 0.261. The molecule has 0 bridgehead atoms. The molecule has 0 aromatic carbocycles. The van der Waals surface area contributed by atoms with E-state index in [-0.39, 0.29) is 45.6 Å². The number of ether oxygens (including phenoxy) is 2. The van der Waals surface area contributed by atoms with Crippen LogP contribution in [0.15, 0.2) is 23.6 Å². The molecule has 4 aromatic heterocycles. The van der Waals surface area contributed by atoms with E-state index < -0.39 is 40.4 Å². The molecule has 0 aliphatic rings. The molecule has 0 saturated heterocycles. The molecular formula is C23H18ClF3N4O5S2. The highest BCUT2D eigenvalue weighted by Crippen LogP contribution is 2.37. The van der Waals surface area contributed by atoms with Gasteiger partial charge >= 0.3 is 18.1 Å². The molecule has 4 rings (SSSR count). The Bertz CT molecular complexity index is 1550. The quantitative estimate of drug-likeness (QED) is 0.260. The standard InChI is InChI=1S/C23H18ClF3N4O5S2/c1-4-35-21(33)14-10(3)17(22(34)36-5-2)38-20(14)29-19(32)16-15(24)18-28-11(12-7-6-8-37-12)9-13(23(25,26)27)31(18)30-16/h6-9H,4-5H2,1-3H3,(H,29,32). The number of alkyl halides is 3. The minimum absolute atomic E-state index is 0.00569. The molecule has 9 nitrogen and oxygen atoms in total. The van der Waals surface area contributed by atoms with Crippen LogP contribution < -0.4 is 5.32 Å². The number of nitrogens with zero attached hydrogens (tertiary/aromatic N) is 3. The predicted molar refractivity (Wildman–Crippen MR) is 135 cm³/mol. The summed E-state index contributed by atoms with van der Waals surface area (Å²) in [6.45, 7) is 4.76. The number of hydrogen-bond acceptors (Lipinski definition) is 9. The van der Waals surface area contributed by atoms with Gasteiger partial charge in [0.25, 0.3) is 5.91 Å². The molecule has 0 spiro atoms. The van der Waals surface area contributed by atoms with E-state index >= 15 is 0 Å². The van der Waals surface area contributed by atoms with Crippen LogP contribution in [0.25, 0.3) is 16.2 Å². The van der Waals surface area contributed by atoms with Crippen LogP contribution in [0.4, 0.5) is 18.2 Å². The first-order valence-corrected chi connectivity index (χ1v) is 13.0. The van der Waals surface area contributed by atoms with Gasteiger partial charge < -0.3 is 14.8 Å². The topological polar surface area (TPSA) is 112 Å². The minimum Gasteiger partial charge on any atom is -0.462 e. The number of nitrogens with one attached hydrogen (secondary N) is 1. The monoisotopic (exact) mass is 586 g/mol. The third-order valence-corrected chi connectivity index (χ3v) is 7.55. The Hall–Kier alpha value is -3.49. The Balaban J connectivity index is 1.81. The summed E-state index contributed by atoms with van der Waals surface area (Å²) in [5.74, 6) is -2.55. The molecule has 0 atom stereocenters. The largest absolute Gasteiger partial charge is 0.462 e. The van der Waals surface area contributed by atoms with Crippen molar-refractivity contribution in [2.45, 2.75) is 26.9 Å². The second kappa shape index (κ2) is 10.7. The summed E-state index contributed by atoms with van der Waals surface area (Å²) >= 11 is 8.25. The average molecular weight is 587 g/mol. The van der Waals surface area contributed by atoms with Gasteiger partial charge in [0, 0.05) is 0 Å². The first-order chi connectivity index (χ1) is 18.0. The molecule has 1 N–H and O–H groups in total. The summed E-state index contributed by atoms with van der Waals surface area (Å²) in [5.41, 5.74) is -2.00. The van der Waals surface area contributed by atoms with Gasteiger partial charge in [0.1, 0.15) is 14.9 Å². The molecule has 0 aliphatic heterocycles. The zero-order chi connectivity index (χ0) is 27.8. The van der Waals surface area contributed by atoms with E-state index in [0.717, 1.165) is 17.4 Å². The van der Waals surface area contributed by atoms with Crippen LogP contribution in [0.3, 0.4) is 0 Å². The van der Waals surface area contributed by atoms with Crippen molar-refractivity contribution in [3.63, 3.8) is 0 Å². The number of fused-ring (bicyclic) bond motifs is 1. The van der Waals surface area contributed by atoms with E-state index in [2.05, 4.69) is 15.4 Å². The Morgan fingerprint density at radius 3 is 2.45 bits per heavy atom. The van der Waals surface area contributed by atoms with Crippen LogP contribution in [-0.4, -0.2) is 45.7 Å². The van der Waals surface area contributed by atoms with Crippen molar-refractivity contribution in [3.05, 3.63) is 56.0 Å². The second-order valence-electron chi connectivity index (χ2n) is 7.56. The number of carbonyl (C=O) groups excluding carboxylic acids is 3. The first kappa shape index (κ1) is 27.5. The normalized spacial score (nSPS) is 11.6. The number of rotatable bonds is 7. The maximum atomic E-state index is 13.9. The van der Waals surface area contributed by atoms with Gasteiger partial charge in [0.2, 0.25) is 0 Å². The third-order valence-electron chi connectivity index (χ3n) is 5.13. The summed E-state index contributed by atoms with van der Waals surface area (Å²) in [4.78, 5) is 42.9. The molecule has 200 valence electrons. The zero-order valence-corrected chi connectivity index (χ0v) is 22.3. The lowest BCUT2D eigenvalue weighted by Crippen LogP contribution is -2.17. The van der Waals surface area contributed by atoms with Crippen LogP contribution in [0.2, 0.25) is 5.02 Å². The van der Waals surface area contributed by atoms with Crippen molar-refractivity contribution >= 4 is 62.8 Å². The summed E-state index contributed by atoms with van der Waals surface area (Å²) in [7, 11) is 0. The van der Waals surface area contributed by atoms with Crippen LogP contribution in [0.1, 0.15) is 55.6 Å². The molecule has 38 heavy (non-hydrogen) atoms. The highest BCUT2D eigenvalue weighted by atomic mass is 35.5. The Morgan fingerprint density at radius 1 is 1.16 bits per heavy atom. The summed E-state index contributed by atoms with van der Waals surface area (Å²) in [6, 6.07) is 4.07. The highest BCUT2D eigenvalue weighted by Gasteiger charge is 2.37. The van der Waals surface area contributed by atoms with E-state index in [1.54, 1.807) is 31.4 Å². The fourth-order valence-electron chi connectivity index (χ4n) is 3.49. The van der Waals surface area contributed by atoms with Crippen molar-refractivity contribution in [1.29, 1.82) is 0 Å². The Morgan fingerprint density at radius 2 is 1.84 bits per heavy atom. The number of halogens is 4. The van der Waals surface area contributed by atoms with Crippen molar-refractivity contribution in [2.24, 2.45) is 0 Å². The second-order valence-corrected chi connectivity index (χ2v) is 9.90. The van der Waals surface area contributed by atoms with Crippen LogP contribution in [0, 0.1) is 6.92 Å². The SMILES string of the molecule is CCOC(=O)c1sc(NC(=O)c2nn3c(C(F)(F)F)cc(-c4cccs4)nc3c2Cl)c(C(=O)OCC)c1C. The van der Waals surface area contributed by atoms with E-state index in [4.69, 9.17) is 21.1 Å². The van der Waals surface area contributed by atoms with Crippen molar-refractivity contribution < 1.29 is 37.0 Å². The summed E-state index contributed by atoms with van der Waals surface area (Å²) in [6.07, 6.45) is -4.84. The Labute approximate surface area is 226 Å². The van der Waals surface area contributed by atoms with E-state index in [1.807, 2.05) is 0 Å². The van der Waals surface area contributed by atoms with Gasteiger partial charge in [-0.25, -0.2) is 19.1 Å². The van der Waals surface area contributed by atoms with Crippen molar-refractivity contribution in [2.75, 3.05) is 18.5 Å². The van der Waals surface area contributed by atoms with Crippen LogP contribution in [0.5, 0.6) is 0 Å². The molecule has 0 radical (unpaired) electrons. The number of amides is 1. The average Bonchev–Trinajstić information content (AvgIpc) is 3.57. The predicted octanol–water partition coefficient (Wildman–Crippen LogP) is 6.11. The van der Waals surface area contributed by atoms with Crippen LogP contribution in [-0.2, 0) is 15.7 Å². The number of anilines is 1. The maximum absolute atomic E-state index is 13.9. The fourth-order valence-corrected chi connectivity index (χ4v) is 5.51. The highest BCUT2D eigenvalue weighted by molar-refractivity contribution is 7.18. The number of thiophene rings is 2. The van der Waals surface area contributed by atoms with Gasteiger partial charge in [-0.2, -0.15) is 18.3 Å². The lowest BCUT2D eigenvalue weighted by molar-refractivity contribution is -0.142. The number of carbonyl (C=O) groups is 3. The smallest absolute Gasteiger partial charge is 0.433 e. The molecule has 1 amide bonds. The molecule has 15 heteroatoms.